The minimum absolute atomic E-state index is 0.0225. The van der Waals surface area contributed by atoms with Crippen LogP contribution in [0.3, 0.4) is 0 Å². The van der Waals surface area contributed by atoms with Crippen LogP contribution in [-0.4, -0.2) is 44.7 Å². The quantitative estimate of drug-likeness (QED) is 0.665. The van der Waals surface area contributed by atoms with E-state index < -0.39 is 0 Å². The first-order chi connectivity index (χ1) is 10.1. The third-order valence-electron chi connectivity index (χ3n) is 4.73. The molecule has 1 aliphatic heterocycles. The van der Waals surface area contributed by atoms with Gasteiger partial charge in [-0.2, -0.15) is 0 Å². The van der Waals surface area contributed by atoms with E-state index in [1.165, 1.54) is 30.1 Å². The Morgan fingerprint density at radius 1 is 1.14 bits per heavy atom. The summed E-state index contributed by atoms with van der Waals surface area (Å²) in [5.74, 6) is 0.134. The summed E-state index contributed by atoms with van der Waals surface area (Å²) < 4.78 is 0. The van der Waals surface area contributed by atoms with Gasteiger partial charge < -0.3 is 15.1 Å². The molecule has 0 aromatic heterocycles. The van der Waals surface area contributed by atoms with Gasteiger partial charge in [-0.25, -0.2) is 0 Å². The second-order valence-corrected chi connectivity index (χ2v) is 6.02. The van der Waals surface area contributed by atoms with E-state index in [2.05, 4.69) is 31.3 Å². The van der Waals surface area contributed by atoms with Crippen molar-refractivity contribution in [3.8, 4) is 0 Å². The molecule has 0 bridgehead atoms. The number of hydrogen-bond donors (Lipinski definition) is 3. The van der Waals surface area contributed by atoms with Crippen molar-refractivity contribution in [2.75, 3.05) is 38.0 Å². The molecule has 4 heteroatoms. The maximum Gasteiger partial charge on any atom is 0.282 e. The summed E-state index contributed by atoms with van der Waals surface area (Å²) in [5, 5.41) is 3.05. The molecule has 1 fully saturated rings. The Morgan fingerprint density at radius 2 is 1.76 bits per heavy atom. The van der Waals surface area contributed by atoms with Crippen LogP contribution in [-0.2, 0) is 11.2 Å². The lowest BCUT2D eigenvalue weighted by Gasteiger charge is -2.32. The van der Waals surface area contributed by atoms with Crippen LogP contribution in [0.15, 0.2) is 24.3 Å². The normalized spacial score (nSPS) is 23.6. The molecule has 0 radical (unpaired) electrons. The lowest BCUT2D eigenvalue weighted by Crippen LogP contribution is -3.29. The van der Waals surface area contributed by atoms with Gasteiger partial charge in [0.05, 0.1) is 6.54 Å². The molecule has 3 N–H and O–H groups in total. The van der Waals surface area contributed by atoms with E-state index in [1.807, 2.05) is 19.1 Å². The fourth-order valence-corrected chi connectivity index (χ4v) is 2.97. The summed E-state index contributed by atoms with van der Waals surface area (Å²) in [6.07, 6.45) is 1.03. The fraction of sp³-hybridized carbons (Fsp3) is 0.588. The highest BCUT2D eigenvalue weighted by Crippen LogP contribution is 2.09. The Bertz CT molecular complexity index is 450. The fourth-order valence-electron chi connectivity index (χ4n) is 2.97. The van der Waals surface area contributed by atoms with Gasteiger partial charge in [0.15, 0.2) is 6.04 Å². The van der Waals surface area contributed by atoms with Gasteiger partial charge in [0.25, 0.3) is 5.91 Å². The van der Waals surface area contributed by atoms with E-state index in [4.69, 9.17) is 0 Å². The van der Waals surface area contributed by atoms with E-state index in [0.29, 0.717) is 0 Å². The first-order valence-electron chi connectivity index (χ1n) is 8.22. The van der Waals surface area contributed by atoms with E-state index in [9.17, 15) is 4.79 Å². The summed E-state index contributed by atoms with van der Waals surface area (Å²) in [5.41, 5.74) is 2.20. The number of anilines is 1. The Labute approximate surface area is 128 Å². The summed E-state index contributed by atoms with van der Waals surface area (Å²) >= 11 is 0. The zero-order valence-electron chi connectivity index (χ0n) is 13.5. The summed E-state index contributed by atoms with van der Waals surface area (Å²) in [4.78, 5) is 15.4. The van der Waals surface area contributed by atoms with Crippen LogP contribution in [0.2, 0.25) is 0 Å². The lowest BCUT2D eigenvalue weighted by atomic mass is 10.1. The minimum atomic E-state index is 0.0225. The van der Waals surface area contributed by atoms with Gasteiger partial charge in [-0.1, -0.05) is 19.1 Å². The third kappa shape index (κ3) is 4.29. The molecule has 0 saturated carbocycles. The number of piperazine rings is 1. The SMILES string of the molecule is CCc1ccc(NC(=O)[C@@H](C)[NH+]2CC[NH+](CC)CC2)cc1. The van der Waals surface area contributed by atoms with Crippen LogP contribution in [0.4, 0.5) is 5.69 Å². The second-order valence-electron chi connectivity index (χ2n) is 6.02. The molecule has 1 saturated heterocycles. The molecule has 116 valence electrons. The number of likely N-dealkylation sites (N-methyl/N-ethyl adjacent to an activating group) is 1. The van der Waals surface area contributed by atoms with Gasteiger partial charge in [0, 0.05) is 5.69 Å². The lowest BCUT2D eigenvalue weighted by molar-refractivity contribution is -1.02. The number of aryl methyl sites for hydroxylation is 1. The van der Waals surface area contributed by atoms with E-state index in [1.54, 1.807) is 4.90 Å². The van der Waals surface area contributed by atoms with E-state index in [-0.39, 0.29) is 11.9 Å². The summed E-state index contributed by atoms with van der Waals surface area (Å²) in [6.45, 7) is 12.1. The molecule has 0 aliphatic carbocycles. The van der Waals surface area contributed by atoms with Gasteiger partial charge in [-0.15, -0.1) is 0 Å². The number of hydrogen-bond acceptors (Lipinski definition) is 1. The van der Waals surface area contributed by atoms with Crippen LogP contribution in [0.1, 0.15) is 26.3 Å². The zero-order valence-corrected chi connectivity index (χ0v) is 13.5. The number of amides is 1. The van der Waals surface area contributed by atoms with Crippen LogP contribution < -0.4 is 15.1 Å². The molecule has 2 rings (SSSR count). The van der Waals surface area contributed by atoms with Crippen LogP contribution in [0, 0.1) is 0 Å². The van der Waals surface area contributed by atoms with E-state index in [0.717, 1.165) is 25.2 Å². The Morgan fingerprint density at radius 3 is 2.29 bits per heavy atom. The van der Waals surface area contributed by atoms with Crippen molar-refractivity contribution in [1.82, 2.24) is 0 Å². The number of carbonyl (C=O) groups is 1. The maximum absolute atomic E-state index is 12.4. The van der Waals surface area contributed by atoms with Gasteiger partial charge in [0.1, 0.15) is 26.2 Å². The van der Waals surface area contributed by atoms with Crippen molar-refractivity contribution >= 4 is 11.6 Å². The van der Waals surface area contributed by atoms with E-state index >= 15 is 0 Å². The highest BCUT2D eigenvalue weighted by Gasteiger charge is 2.30. The van der Waals surface area contributed by atoms with Crippen LogP contribution >= 0.6 is 0 Å². The number of carbonyl (C=O) groups excluding carboxylic acids is 1. The predicted molar refractivity (Wildman–Crippen MR) is 85.8 cm³/mol. The maximum atomic E-state index is 12.4. The summed E-state index contributed by atoms with van der Waals surface area (Å²) in [7, 11) is 0. The second kappa shape index (κ2) is 7.57. The molecular formula is C17H29N3O+2. The molecule has 1 aliphatic rings. The molecule has 0 spiro atoms. The monoisotopic (exact) mass is 291 g/mol. The molecule has 21 heavy (non-hydrogen) atoms. The molecule has 1 heterocycles. The highest BCUT2D eigenvalue weighted by molar-refractivity contribution is 5.93. The average molecular weight is 291 g/mol. The Hall–Kier alpha value is -1.39. The topological polar surface area (TPSA) is 38.0 Å². The standard InChI is InChI=1S/C17H27N3O/c1-4-15-6-8-16(9-7-15)18-17(21)14(3)20-12-10-19(5-2)11-13-20/h6-9,14H,4-5,10-13H2,1-3H3,(H,18,21)/p+2/t14-/m1/s1. The smallest absolute Gasteiger partial charge is 0.282 e. The Kier molecular flexibility index (Phi) is 5.76. The number of rotatable bonds is 5. The molecule has 1 amide bonds. The molecular weight excluding hydrogens is 262 g/mol. The minimum Gasteiger partial charge on any atom is -0.326 e. The van der Waals surface area contributed by atoms with Crippen molar-refractivity contribution in [1.29, 1.82) is 0 Å². The van der Waals surface area contributed by atoms with Gasteiger partial charge in [0.2, 0.25) is 0 Å². The van der Waals surface area contributed by atoms with Crippen LogP contribution in [0.5, 0.6) is 0 Å². The van der Waals surface area contributed by atoms with Crippen molar-refractivity contribution in [2.45, 2.75) is 33.2 Å². The predicted octanol–water partition coefficient (Wildman–Crippen LogP) is -0.621. The number of nitrogens with one attached hydrogen (secondary N) is 3. The largest absolute Gasteiger partial charge is 0.326 e. The third-order valence-corrected chi connectivity index (χ3v) is 4.73. The first kappa shape index (κ1) is 16.0. The van der Waals surface area contributed by atoms with Crippen molar-refractivity contribution in [3.05, 3.63) is 29.8 Å². The zero-order chi connectivity index (χ0) is 15.2. The van der Waals surface area contributed by atoms with Gasteiger partial charge >= 0.3 is 0 Å². The highest BCUT2D eigenvalue weighted by atomic mass is 16.2. The first-order valence-corrected chi connectivity index (χ1v) is 8.22. The summed E-state index contributed by atoms with van der Waals surface area (Å²) in [6, 6.07) is 8.18. The number of benzene rings is 1. The molecule has 4 nitrogen and oxygen atoms in total. The molecule has 0 unspecified atom stereocenters. The average Bonchev–Trinajstić information content (AvgIpc) is 2.55. The molecule has 1 aromatic rings. The van der Waals surface area contributed by atoms with Gasteiger partial charge in [-0.05, 0) is 38.0 Å². The van der Waals surface area contributed by atoms with Crippen molar-refractivity contribution < 1.29 is 14.6 Å². The Balaban J connectivity index is 1.87. The van der Waals surface area contributed by atoms with Gasteiger partial charge in [-0.3, -0.25) is 4.79 Å². The molecule has 1 atom stereocenters. The van der Waals surface area contributed by atoms with Crippen LogP contribution in [0.25, 0.3) is 0 Å². The van der Waals surface area contributed by atoms with Crippen molar-refractivity contribution in [2.24, 2.45) is 0 Å². The number of quaternary nitrogens is 2. The van der Waals surface area contributed by atoms with Crippen molar-refractivity contribution in [3.63, 3.8) is 0 Å². The molecule has 1 aromatic carbocycles.